The van der Waals surface area contributed by atoms with Crippen molar-refractivity contribution in [1.82, 2.24) is 0 Å². The molecule has 0 aliphatic carbocycles. The van der Waals surface area contributed by atoms with Crippen molar-refractivity contribution >= 4 is 15.9 Å². The van der Waals surface area contributed by atoms with Gasteiger partial charge in [-0.1, -0.05) is 57.9 Å². The summed E-state index contributed by atoms with van der Waals surface area (Å²) in [4.78, 5) is 0. The molecule has 0 bridgehead atoms. The first-order valence-corrected chi connectivity index (χ1v) is 6.55. The first-order chi connectivity index (χ1) is 8.65. The topological polar surface area (TPSA) is 29.5 Å². The largest absolute Gasteiger partial charge is 0.364 e. The standard InChI is InChI=1S/C15H15BrO2/c1-11-2-4-12(5-3-11)10-18-15(17)13-6-8-14(16)9-7-13/h2-9,15,17H,10H2,1H3. The molecule has 0 aliphatic heterocycles. The average molecular weight is 307 g/mol. The summed E-state index contributed by atoms with van der Waals surface area (Å²) in [6.45, 7) is 2.44. The van der Waals surface area contributed by atoms with Crippen LogP contribution in [0.4, 0.5) is 0 Å². The Kier molecular flexibility index (Phi) is 4.53. The van der Waals surface area contributed by atoms with E-state index in [1.54, 1.807) is 0 Å². The van der Waals surface area contributed by atoms with Crippen LogP contribution in [0.1, 0.15) is 23.0 Å². The third-order valence-corrected chi connectivity index (χ3v) is 3.21. The van der Waals surface area contributed by atoms with Crippen LogP contribution in [0.5, 0.6) is 0 Å². The normalized spacial score (nSPS) is 12.4. The number of aryl methyl sites for hydroxylation is 1. The predicted octanol–water partition coefficient (Wildman–Crippen LogP) is 3.97. The van der Waals surface area contributed by atoms with Gasteiger partial charge >= 0.3 is 0 Å². The Morgan fingerprint density at radius 1 is 1.06 bits per heavy atom. The maximum atomic E-state index is 9.89. The molecule has 2 nitrogen and oxygen atoms in total. The first kappa shape index (κ1) is 13.3. The molecular weight excluding hydrogens is 292 g/mol. The molecular formula is C15H15BrO2. The van der Waals surface area contributed by atoms with Crippen molar-refractivity contribution in [3.63, 3.8) is 0 Å². The van der Waals surface area contributed by atoms with E-state index >= 15 is 0 Å². The molecule has 0 aliphatic rings. The van der Waals surface area contributed by atoms with E-state index < -0.39 is 6.29 Å². The Balaban J connectivity index is 1.93. The highest BCUT2D eigenvalue weighted by Gasteiger charge is 2.07. The lowest BCUT2D eigenvalue weighted by Gasteiger charge is -2.12. The molecule has 18 heavy (non-hydrogen) atoms. The van der Waals surface area contributed by atoms with Gasteiger partial charge in [-0.3, -0.25) is 0 Å². The van der Waals surface area contributed by atoms with E-state index in [2.05, 4.69) is 15.9 Å². The Bertz CT molecular complexity index is 491. The smallest absolute Gasteiger partial charge is 0.181 e. The van der Waals surface area contributed by atoms with Gasteiger partial charge in [-0.25, -0.2) is 0 Å². The minimum Gasteiger partial charge on any atom is -0.364 e. The Morgan fingerprint density at radius 3 is 2.28 bits per heavy atom. The van der Waals surface area contributed by atoms with Crippen LogP contribution < -0.4 is 0 Å². The number of hydrogen-bond acceptors (Lipinski definition) is 2. The summed E-state index contributed by atoms with van der Waals surface area (Å²) in [7, 11) is 0. The molecule has 0 heterocycles. The second kappa shape index (κ2) is 6.14. The summed E-state index contributed by atoms with van der Waals surface area (Å²) in [6.07, 6.45) is -0.889. The van der Waals surface area contributed by atoms with Crippen molar-refractivity contribution in [3.05, 3.63) is 69.7 Å². The molecule has 94 valence electrons. The summed E-state index contributed by atoms with van der Waals surface area (Å²) >= 11 is 3.35. The number of rotatable bonds is 4. The molecule has 0 spiro atoms. The lowest BCUT2D eigenvalue weighted by Crippen LogP contribution is -2.03. The predicted molar refractivity (Wildman–Crippen MR) is 75.1 cm³/mol. The molecule has 2 aromatic rings. The van der Waals surface area contributed by atoms with Crippen molar-refractivity contribution in [2.75, 3.05) is 0 Å². The van der Waals surface area contributed by atoms with Crippen molar-refractivity contribution in [2.45, 2.75) is 19.8 Å². The van der Waals surface area contributed by atoms with Gasteiger partial charge in [0.1, 0.15) is 0 Å². The molecule has 3 heteroatoms. The van der Waals surface area contributed by atoms with E-state index in [-0.39, 0.29) is 0 Å². The van der Waals surface area contributed by atoms with Crippen molar-refractivity contribution < 1.29 is 9.84 Å². The maximum absolute atomic E-state index is 9.89. The molecule has 0 aromatic heterocycles. The van der Waals surface area contributed by atoms with E-state index in [1.165, 1.54) is 5.56 Å². The summed E-state index contributed by atoms with van der Waals surface area (Å²) in [5, 5.41) is 9.89. The lowest BCUT2D eigenvalue weighted by molar-refractivity contribution is -0.111. The number of aliphatic hydroxyl groups excluding tert-OH is 1. The summed E-state index contributed by atoms with van der Waals surface area (Å²) < 4.78 is 6.42. The third-order valence-electron chi connectivity index (χ3n) is 2.68. The highest BCUT2D eigenvalue weighted by molar-refractivity contribution is 9.10. The Labute approximate surface area is 115 Å². The van der Waals surface area contributed by atoms with Gasteiger partial charge in [0.15, 0.2) is 6.29 Å². The first-order valence-electron chi connectivity index (χ1n) is 5.76. The molecule has 1 unspecified atom stereocenters. The van der Waals surface area contributed by atoms with Crippen LogP contribution in [0.15, 0.2) is 53.0 Å². The second-order valence-corrected chi connectivity index (χ2v) is 5.12. The van der Waals surface area contributed by atoms with Crippen molar-refractivity contribution in [3.8, 4) is 0 Å². The van der Waals surface area contributed by atoms with E-state index in [4.69, 9.17) is 4.74 Å². The number of halogens is 1. The number of hydrogen-bond donors (Lipinski definition) is 1. The van der Waals surface area contributed by atoms with E-state index in [1.807, 2.05) is 55.5 Å². The van der Waals surface area contributed by atoms with Gasteiger partial charge in [0.2, 0.25) is 0 Å². The van der Waals surface area contributed by atoms with Gasteiger partial charge in [0.05, 0.1) is 6.61 Å². The molecule has 1 atom stereocenters. The quantitative estimate of drug-likeness (QED) is 0.866. The van der Waals surface area contributed by atoms with E-state index in [0.717, 1.165) is 15.6 Å². The molecule has 0 saturated heterocycles. The molecule has 0 saturated carbocycles. The van der Waals surface area contributed by atoms with Gasteiger partial charge in [-0.15, -0.1) is 0 Å². The van der Waals surface area contributed by atoms with Gasteiger partial charge in [0, 0.05) is 10.0 Å². The van der Waals surface area contributed by atoms with Gasteiger partial charge in [-0.05, 0) is 24.6 Å². The maximum Gasteiger partial charge on any atom is 0.181 e. The lowest BCUT2D eigenvalue weighted by atomic mass is 10.2. The zero-order valence-corrected chi connectivity index (χ0v) is 11.7. The molecule has 0 fully saturated rings. The molecule has 1 N–H and O–H groups in total. The fourth-order valence-corrected chi connectivity index (χ4v) is 1.85. The fraction of sp³-hybridized carbons (Fsp3) is 0.200. The van der Waals surface area contributed by atoms with Crippen molar-refractivity contribution in [2.24, 2.45) is 0 Å². The number of ether oxygens (including phenoxy) is 1. The molecule has 0 amide bonds. The summed E-state index contributed by atoms with van der Waals surface area (Å²) in [5.74, 6) is 0. The van der Waals surface area contributed by atoms with Crippen LogP contribution in [0.3, 0.4) is 0 Å². The van der Waals surface area contributed by atoms with Crippen LogP contribution in [0.2, 0.25) is 0 Å². The van der Waals surface area contributed by atoms with Gasteiger partial charge in [0.25, 0.3) is 0 Å². The van der Waals surface area contributed by atoms with Crippen molar-refractivity contribution in [1.29, 1.82) is 0 Å². The minimum absolute atomic E-state index is 0.400. The van der Waals surface area contributed by atoms with Crippen LogP contribution in [-0.2, 0) is 11.3 Å². The highest BCUT2D eigenvalue weighted by atomic mass is 79.9. The Morgan fingerprint density at radius 2 is 1.67 bits per heavy atom. The third kappa shape index (κ3) is 3.67. The van der Waals surface area contributed by atoms with Crippen LogP contribution in [0, 0.1) is 6.92 Å². The SMILES string of the molecule is Cc1ccc(COC(O)c2ccc(Br)cc2)cc1. The summed E-state index contributed by atoms with van der Waals surface area (Å²) in [5.41, 5.74) is 3.02. The van der Waals surface area contributed by atoms with Crippen LogP contribution in [-0.4, -0.2) is 5.11 Å². The summed E-state index contributed by atoms with van der Waals surface area (Å²) in [6, 6.07) is 15.5. The van der Waals surface area contributed by atoms with E-state index in [9.17, 15) is 5.11 Å². The number of aliphatic hydroxyl groups is 1. The fourth-order valence-electron chi connectivity index (χ4n) is 1.58. The zero-order valence-electron chi connectivity index (χ0n) is 10.1. The second-order valence-electron chi connectivity index (χ2n) is 4.20. The molecule has 2 rings (SSSR count). The monoisotopic (exact) mass is 306 g/mol. The van der Waals surface area contributed by atoms with Crippen LogP contribution in [0.25, 0.3) is 0 Å². The van der Waals surface area contributed by atoms with Gasteiger partial charge in [-0.2, -0.15) is 0 Å². The highest BCUT2D eigenvalue weighted by Crippen LogP contribution is 2.19. The zero-order chi connectivity index (χ0) is 13.0. The van der Waals surface area contributed by atoms with Gasteiger partial charge < -0.3 is 9.84 Å². The Hall–Kier alpha value is -1.16. The number of benzene rings is 2. The minimum atomic E-state index is -0.889. The molecule has 0 radical (unpaired) electrons. The molecule has 2 aromatic carbocycles. The van der Waals surface area contributed by atoms with Crippen LogP contribution >= 0.6 is 15.9 Å². The van der Waals surface area contributed by atoms with E-state index in [0.29, 0.717) is 6.61 Å². The average Bonchev–Trinajstić information content (AvgIpc) is 2.38.